The molecular formula is C37H50O3. The van der Waals surface area contributed by atoms with Gasteiger partial charge in [0.15, 0.2) is 0 Å². The molecule has 3 heteroatoms. The second-order valence-electron chi connectivity index (χ2n) is 14.0. The maximum Gasteiger partial charge on any atom is 0.316 e. The van der Waals surface area contributed by atoms with Crippen LogP contribution in [0.2, 0.25) is 0 Å². The van der Waals surface area contributed by atoms with Gasteiger partial charge in [0.1, 0.15) is 17.1 Å². The quantitative estimate of drug-likeness (QED) is 0.199. The van der Waals surface area contributed by atoms with E-state index in [0.717, 1.165) is 29.7 Å². The van der Waals surface area contributed by atoms with E-state index in [1.165, 1.54) is 22.3 Å². The summed E-state index contributed by atoms with van der Waals surface area (Å²) >= 11 is 0. The van der Waals surface area contributed by atoms with E-state index in [2.05, 4.69) is 117 Å². The molecular weight excluding hydrogens is 492 g/mol. The summed E-state index contributed by atoms with van der Waals surface area (Å²) < 4.78 is 12.0. The van der Waals surface area contributed by atoms with Crippen LogP contribution in [0.15, 0.2) is 60.7 Å². The van der Waals surface area contributed by atoms with E-state index < -0.39 is 5.41 Å². The molecule has 0 bridgehead atoms. The lowest BCUT2D eigenvalue weighted by molar-refractivity contribution is -0.144. The van der Waals surface area contributed by atoms with Crippen LogP contribution in [-0.4, -0.2) is 11.6 Å². The Hall–Kier alpha value is -3.07. The largest absolute Gasteiger partial charge is 0.488 e. The van der Waals surface area contributed by atoms with Gasteiger partial charge in [-0.3, -0.25) is 4.79 Å². The number of hydrogen-bond acceptors (Lipinski definition) is 3. The fraction of sp³-hybridized carbons (Fsp3) is 0.486. The van der Waals surface area contributed by atoms with Crippen LogP contribution >= 0.6 is 0 Å². The first-order valence-electron chi connectivity index (χ1n) is 14.6. The van der Waals surface area contributed by atoms with Crippen molar-refractivity contribution < 1.29 is 14.3 Å². The molecule has 3 aromatic rings. The number of carbonyl (C=O) groups is 1. The molecule has 0 aliphatic carbocycles. The summed E-state index contributed by atoms with van der Waals surface area (Å²) in [6.07, 6.45) is 1.75. The van der Waals surface area contributed by atoms with Crippen LogP contribution < -0.4 is 9.47 Å². The summed E-state index contributed by atoms with van der Waals surface area (Å²) in [5.74, 6) is 1.40. The first kappa shape index (κ1) is 31.5. The molecule has 0 saturated carbocycles. The highest BCUT2D eigenvalue weighted by Crippen LogP contribution is 2.38. The molecule has 0 heterocycles. The molecule has 0 atom stereocenters. The lowest BCUT2D eigenvalue weighted by atomic mass is 9.74. The Morgan fingerprint density at radius 2 is 1.02 bits per heavy atom. The van der Waals surface area contributed by atoms with Crippen molar-refractivity contribution in [1.29, 1.82) is 0 Å². The van der Waals surface area contributed by atoms with Gasteiger partial charge in [-0.2, -0.15) is 0 Å². The van der Waals surface area contributed by atoms with E-state index in [1.54, 1.807) is 0 Å². The van der Waals surface area contributed by atoms with E-state index in [-0.39, 0.29) is 22.4 Å². The molecule has 0 unspecified atom stereocenters. The van der Waals surface area contributed by atoms with Crippen molar-refractivity contribution in [2.45, 2.75) is 112 Å². The van der Waals surface area contributed by atoms with Crippen molar-refractivity contribution in [3.05, 3.63) is 94.0 Å². The first-order valence-corrected chi connectivity index (χ1v) is 14.6. The molecule has 0 aliphatic heterocycles. The lowest BCUT2D eigenvalue weighted by Crippen LogP contribution is -2.29. The van der Waals surface area contributed by atoms with Crippen LogP contribution in [0.3, 0.4) is 0 Å². The summed E-state index contributed by atoms with van der Waals surface area (Å²) in [7, 11) is 0. The molecule has 0 amide bonds. The van der Waals surface area contributed by atoms with E-state index >= 15 is 0 Å². The van der Waals surface area contributed by atoms with Crippen molar-refractivity contribution in [3.8, 4) is 11.5 Å². The van der Waals surface area contributed by atoms with Crippen molar-refractivity contribution in [1.82, 2.24) is 0 Å². The van der Waals surface area contributed by atoms with Gasteiger partial charge < -0.3 is 9.47 Å². The maximum absolute atomic E-state index is 12.8. The van der Waals surface area contributed by atoms with Gasteiger partial charge in [0.05, 0.1) is 5.41 Å². The van der Waals surface area contributed by atoms with Crippen LogP contribution in [0, 0.1) is 19.3 Å². The Balaban J connectivity index is 1.83. The molecule has 3 nitrogen and oxygen atoms in total. The molecule has 0 aliphatic rings. The zero-order valence-electron chi connectivity index (χ0n) is 26.9. The van der Waals surface area contributed by atoms with Gasteiger partial charge in [-0.1, -0.05) is 89.6 Å². The van der Waals surface area contributed by atoms with Crippen LogP contribution in [0.1, 0.15) is 115 Å². The molecule has 0 spiro atoms. The average molecular weight is 543 g/mol. The van der Waals surface area contributed by atoms with Gasteiger partial charge in [-0.25, -0.2) is 0 Å². The van der Waals surface area contributed by atoms with Crippen LogP contribution in [0.5, 0.6) is 11.5 Å². The molecule has 3 rings (SSSR count). The summed E-state index contributed by atoms with van der Waals surface area (Å²) in [5, 5.41) is 0. The number of ether oxygens (including phenoxy) is 2. The maximum atomic E-state index is 12.8. The molecule has 0 aromatic heterocycles. The standard InChI is InChI=1S/C37H50O3/c1-13-22-35(7,8)33(38)39-31-20-18-29(23-25(31)2)36(9,10)27-14-16-28(17-15-27)37(11,12)30-19-21-32(26(3)24-30)40-34(4,5)6/h14-21,23-24H,13,22H2,1-12H3. The number of rotatable bonds is 9. The zero-order chi connectivity index (χ0) is 30.1. The topological polar surface area (TPSA) is 35.5 Å². The third kappa shape index (κ3) is 6.97. The Kier molecular flexibility index (Phi) is 8.99. The van der Waals surface area contributed by atoms with Gasteiger partial charge in [-0.05, 0) is 100 Å². The highest BCUT2D eigenvalue weighted by atomic mass is 16.5. The monoisotopic (exact) mass is 542 g/mol. The van der Waals surface area contributed by atoms with Gasteiger partial charge >= 0.3 is 5.97 Å². The minimum atomic E-state index is -0.490. The van der Waals surface area contributed by atoms with Crippen LogP contribution in [0.25, 0.3) is 0 Å². The fourth-order valence-corrected chi connectivity index (χ4v) is 5.24. The Morgan fingerprint density at radius 3 is 1.40 bits per heavy atom. The molecule has 40 heavy (non-hydrogen) atoms. The molecule has 0 saturated heterocycles. The number of esters is 1. The van der Waals surface area contributed by atoms with Crippen molar-refractivity contribution in [2.24, 2.45) is 5.41 Å². The van der Waals surface area contributed by atoms with Gasteiger partial charge in [0.25, 0.3) is 0 Å². The van der Waals surface area contributed by atoms with Crippen molar-refractivity contribution in [3.63, 3.8) is 0 Å². The van der Waals surface area contributed by atoms with Gasteiger partial charge in [-0.15, -0.1) is 0 Å². The third-order valence-corrected chi connectivity index (χ3v) is 8.17. The molecule has 216 valence electrons. The number of carbonyl (C=O) groups excluding carboxylic acids is 1. The second kappa shape index (κ2) is 11.4. The van der Waals surface area contributed by atoms with Crippen LogP contribution in [-0.2, 0) is 15.6 Å². The highest BCUT2D eigenvalue weighted by molar-refractivity contribution is 5.78. The van der Waals surface area contributed by atoms with Crippen molar-refractivity contribution >= 4 is 5.97 Å². The summed E-state index contributed by atoms with van der Waals surface area (Å²) in [6, 6.07) is 21.7. The summed E-state index contributed by atoms with van der Waals surface area (Å²) in [5.41, 5.74) is 6.01. The fourth-order valence-electron chi connectivity index (χ4n) is 5.24. The van der Waals surface area contributed by atoms with Crippen LogP contribution in [0.4, 0.5) is 0 Å². The number of hydrogen-bond donors (Lipinski definition) is 0. The Morgan fingerprint density at radius 1 is 0.625 bits per heavy atom. The lowest BCUT2D eigenvalue weighted by Gasteiger charge is -2.30. The third-order valence-electron chi connectivity index (χ3n) is 8.17. The predicted molar refractivity (Wildman–Crippen MR) is 168 cm³/mol. The van der Waals surface area contributed by atoms with E-state index in [9.17, 15) is 4.79 Å². The van der Waals surface area contributed by atoms with Gasteiger partial charge in [0.2, 0.25) is 0 Å². The van der Waals surface area contributed by atoms with Gasteiger partial charge in [0, 0.05) is 10.8 Å². The summed E-state index contributed by atoms with van der Waals surface area (Å²) in [4.78, 5) is 12.8. The Labute approximate surface area is 243 Å². The second-order valence-corrected chi connectivity index (χ2v) is 14.0. The average Bonchev–Trinajstić information content (AvgIpc) is 2.85. The SMILES string of the molecule is CCCC(C)(C)C(=O)Oc1ccc(C(C)(C)c2ccc(C(C)(C)c3ccc(OC(C)(C)C)c(C)c3)cc2)cc1C. The molecule has 0 N–H and O–H groups in total. The Bertz CT molecular complexity index is 1330. The smallest absolute Gasteiger partial charge is 0.316 e. The minimum Gasteiger partial charge on any atom is -0.488 e. The minimum absolute atomic E-state index is 0.151. The number of benzene rings is 3. The van der Waals surface area contributed by atoms with E-state index in [1.807, 2.05) is 26.8 Å². The van der Waals surface area contributed by atoms with E-state index in [0.29, 0.717) is 5.75 Å². The van der Waals surface area contributed by atoms with E-state index in [4.69, 9.17) is 9.47 Å². The molecule has 0 radical (unpaired) electrons. The first-order chi connectivity index (χ1) is 18.4. The molecule has 3 aromatic carbocycles. The normalized spacial score (nSPS) is 12.8. The molecule has 0 fully saturated rings. The number of aryl methyl sites for hydroxylation is 2. The zero-order valence-corrected chi connectivity index (χ0v) is 26.9. The predicted octanol–water partition coefficient (Wildman–Crippen LogP) is 9.86. The highest BCUT2D eigenvalue weighted by Gasteiger charge is 2.30. The summed E-state index contributed by atoms with van der Waals surface area (Å²) in [6.45, 7) is 25.4. The van der Waals surface area contributed by atoms with Crippen molar-refractivity contribution in [2.75, 3.05) is 0 Å².